The summed E-state index contributed by atoms with van der Waals surface area (Å²) < 4.78 is 0. The van der Waals surface area contributed by atoms with E-state index in [0.717, 1.165) is 37.5 Å². The molecule has 20 heavy (non-hydrogen) atoms. The van der Waals surface area contributed by atoms with Crippen molar-refractivity contribution in [3.8, 4) is 0 Å². The lowest BCUT2D eigenvalue weighted by Crippen LogP contribution is -2.51. The minimum absolute atomic E-state index is 0.296. The summed E-state index contributed by atoms with van der Waals surface area (Å²) >= 11 is 0. The van der Waals surface area contributed by atoms with Crippen LogP contribution in [0.5, 0.6) is 0 Å². The second-order valence-corrected chi connectivity index (χ2v) is 6.24. The maximum atomic E-state index is 10.00. The Morgan fingerprint density at radius 1 is 1.25 bits per heavy atom. The molecule has 0 aromatic carbocycles. The van der Waals surface area contributed by atoms with Crippen LogP contribution in [0.1, 0.15) is 39.0 Å². The van der Waals surface area contributed by atoms with Gasteiger partial charge in [0.15, 0.2) is 0 Å². The first kappa shape index (κ1) is 14.2. The molecule has 1 radical (unpaired) electrons. The lowest BCUT2D eigenvalue weighted by molar-refractivity contribution is 0.0750. The molecule has 3 nitrogen and oxygen atoms in total. The van der Waals surface area contributed by atoms with Crippen LogP contribution >= 0.6 is 0 Å². The van der Waals surface area contributed by atoms with E-state index in [4.69, 9.17) is 0 Å². The van der Waals surface area contributed by atoms with Crippen molar-refractivity contribution in [1.29, 1.82) is 0 Å². The van der Waals surface area contributed by atoms with Gasteiger partial charge in [-0.1, -0.05) is 19.4 Å². The molecular formula is C17H27N2O. The van der Waals surface area contributed by atoms with Gasteiger partial charge in [0.25, 0.3) is 0 Å². The molecule has 0 aromatic heterocycles. The van der Waals surface area contributed by atoms with Crippen molar-refractivity contribution in [1.82, 2.24) is 9.80 Å². The van der Waals surface area contributed by atoms with Gasteiger partial charge in [0.1, 0.15) is 0 Å². The van der Waals surface area contributed by atoms with Crippen molar-refractivity contribution >= 4 is 0 Å². The van der Waals surface area contributed by atoms with E-state index in [2.05, 4.69) is 28.4 Å². The number of allylic oxidation sites excluding steroid dienone is 2. The molecule has 111 valence electrons. The topological polar surface area (TPSA) is 26.7 Å². The second kappa shape index (κ2) is 6.31. The zero-order valence-electron chi connectivity index (χ0n) is 12.6. The molecule has 1 heterocycles. The van der Waals surface area contributed by atoms with Gasteiger partial charge in [-0.25, -0.2) is 0 Å². The predicted octanol–water partition coefficient (Wildman–Crippen LogP) is 2.35. The Hall–Kier alpha value is -0.800. The Labute approximate surface area is 122 Å². The van der Waals surface area contributed by atoms with Gasteiger partial charge in [-0.2, -0.15) is 0 Å². The summed E-state index contributed by atoms with van der Waals surface area (Å²) in [6.45, 7) is 6.70. The third-order valence-corrected chi connectivity index (χ3v) is 5.04. The first-order valence-corrected chi connectivity index (χ1v) is 8.20. The van der Waals surface area contributed by atoms with Crippen molar-refractivity contribution in [2.24, 2.45) is 0 Å². The van der Waals surface area contributed by atoms with E-state index in [1.165, 1.54) is 38.0 Å². The maximum Gasteiger partial charge on any atom is 0.0785 e. The van der Waals surface area contributed by atoms with E-state index < -0.39 is 0 Å². The van der Waals surface area contributed by atoms with E-state index in [-0.39, 0.29) is 6.10 Å². The third-order valence-electron chi connectivity index (χ3n) is 5.04. The Bertz CT molecular complexity index is 390. The average Bonchev–Trinajstić information content (AvgIpc) is 2.45. The minimum Gasteiger partial charge on any atom is -0.388 e. The zero-order chi connectivity index (χ0) is 13.9. The molecule has 0 aromatic rings. The van der Waals surface area contributed by atoms with Crippen LogP contribution in [-0.2, 0) is 0 Å². The highest BCUT2D eigenvalue weighted by Gasteiger charge is 2.28. The first-order valence-electron chi connectivity index (χ1n) is 8.20. The SMILES string of the molecule is CCC(O)C1=CC[CH]C(N2CCN(C3CCC3)CC2)=C1. The number of aliphatic hydroxyl groups excluding tert-OH is 1. The van der Waals surface area contributed by atoms with Crippen molar-refractivity contribution < 1.29 is 5.11 Å². The van der Waals surface area contributed by atoms with Gasteiger partial charge in [0.05, 0.1) is 6.10 Å². The summed E-state index contributed by atoms with van der Waals surface area (Å²) in [5, 5.41) is 10.00. The van der Waals surface area contributed by atoms with Crippen LogP contribution in [0.15, 0.2) is 23.4 Å². The highest BCUT2D eigenvalue weighted by Crippen LogP contribution is 2.28. The average molecular weight is 275 g/mol. The van der Waals surface area contributed by atoms with Crippen molar-refractivity contribution in [3.63, 3.8) is 0 Å². The Morgan fingerprint density at radius 3 is 2.60 bits per heavy atom. The summed E-state index contributed by atoms with van der Waals surface area (Å²) in [5.74, 6) is 0. The molecular weight excluding hydrogens is 248 g/mol. The molecule has 2 aliphatic carbocycles. The smallest absolute Gasteiger partial charge is 0.0785 e. The first-order chi connectivity index (χ1) is 9.78. The van der Waals surface area contributed by atoms with Crippen LogP contribution in [0.25, 0.3) is 0 Å². The number of hydrogen-bond acceptors (Lipinski definition) is 3. The molecule has 1 saturated heterocycles. The summed E-state index contributed by atoms with van der Waals surface area (Å²) in [7, 11) is 0. The molecule has 1 aliphatic heterocycles. The molecule has 2 fully saturated rings. The molecule has 1 unspecified atom stereocenters. The number of rotatable bonds is 4. The van der Waals surface area contributed by atoms with Crippen molar-refractivity contribution in [2.75, 3.05) is 26.2 Å². The molecule has 3 heteroatoms. The van der Waals surface area contributed by atoms with Crippen LogP contribution in [0.4, 0.5) is 0 Å². The van der Waals surface area contributed by atoms with Gasteiger partial charge in [0, 0.05) is 44.3 Å². The van der Waals surface area contributed by atoms with Crippen molar-refractivity contribution in [3.05, 3.63) is 29.8 Å². The van der Waals surface area contributed by atoms with Gasteiger partial charge in [-0.05, 0) is 37.3 Å². The summed E-state index contributed by atoms with van der Waals surface area (Å²) in [6.07, 6.45) is 12.3. The predicted molar refractivity (Wildman–Crippen MR) is 82.2 cm³/mol. The van der Waals surface area contributed by atoms with E-state index in [1.807, 2.05) is 6.92 Å². The van der Waals surface area contributed by atoms with Gasteiger partial charge < -0.3 is 10.0 Å². The maximum absolute atomic E-state index is 10.00. The minimum atomic E-state index is -0.296. The molecule has 1 atom stereocenters. The third kappa shape index (κ3) is 2.94. The number of hydrogen-bond donors (Lipinski definition) is 1. The molecule has 0 amide bonds. The van der Waals surface area contributed by atoms with Crippen LogP contribution in [0.3, 0.4) is 0 Å². The highest BCUT2D eigenvalue weighted by molar-refractivity contribution is 5.35. The fourth-order valence-corrected chi connectivity index (χ4v) is 3.39. The second-order valence-electron chi connectivity index (χ2n) is 6.24. The lowest BCUT2D eigenvalue weighted by Gasteiger charge is -2.44. The normalized spacial score (nSPS) is 26.8. The Balaban J connectivity index is 1.57. The van der Waals surface area contributed by atoms with Crippen LogP contribution < -0.4 is 0 Å². The summed E-state index contributed by atoms with van der Waals surface area (Å²) in [6, 6.07) is 0.874. The molecule has 1 N–H and O–H groups in total. The van der Waals surface area contributed by atoms with Gasteiger partial charge in [0.2, 0.25) is 0 Å². The molecule has 0 spiro atoms. The Kier molecular flexibility index (Phi) is 4.47. The van der Waals surface area contributed by atoms with Crippen LogP contribution in [0, 0.1) is 6.42 Å². The standard InChI is InChI=1S/C17H27N2O/c1-2-17(20)14-5-3-8-16(13-14)19-11-9-18(10-12-19)15-6-4-7-15/h5,8,13,15,17,20H,2-4,6-7,9-12H2,1H3. The molecule has 3 rings (SSSR count). The van der Waals surface area contributed by atoms with Crippen LogP contribution in [-0.4, -0.2) is 53.2 Å². The van der Waals surface area contributed by atoms with Gasteiger partial charge in [-0.3, -0.25) is 4.90 Å². The largest absolute Gasteiger partial charge is 0.388 e. The van der Waals surface area contributed by atoms with E-state index in [0.29, 0.717) is 0 Å². The molecule has 3 aliphatic rings. The fourth-order valence-electron chi connectivity index (χ4n) is 3.39. The molecule has 1 saturated carbocycles. The van der Waals surface area contributed by atoms with E-state index in [9.17, 15) is 5.11 Å². The van der Waals surface area contributed by atoms with Crippen molar-refractivity contribution in [2.45, 2.75) is 51.2 Å². The fraction of sp³-hybridized carbons (Fsp3) is 0.706. The van der Waals surface area contributed by atoms with E-state index in [1.54, 1.807) is 0 Å². The van der Waals surface area contributed by atoms with Crippen LogP contribution in [0.2, 0.25) is 0 Å². The zero-order valence-corrected chi connectivity index (χ0v) is 12.6. The monoisotopic (exact) mass is 275 g/mol. The highest BCUT2D eigenvalue weighted by atomic mass is 16.3. The lowest BCUT2D eigenvalue weighted by atomic mass is 9.91. The van der Waals surface area contributed by atoms with Gasteiger partial charge in [-0.15, -0.1) is 0 Å². The van der Waals surface area contributed by atoms with Gasteiger partial charge >= 0.3 is 0 Å². The summed E-state index contributed by atoms with van der Waals surface area (Å²) in [5.41, 5.74) is 2.43. The Morgan fingerprint density at radius 2 is 2.00 bits per heavy atom. The number of nitrogens with zero attached hydrogens (tertiary/aromatic N) is 2. The number of piperazine rings is 1. The summed E-state index contributed by atoms with van der Waals surface area (Å²) in [4.78, 5) is 5.16. The number of aliphatic hydroxyl groups is 1. The molecule has 0 bridgehead atoms. The van der Waals surface area contributed by atoms with E-state index >= 15 is 0 Å². The quantitative estimate of drug-likeness (QED) is 0.853.